The molecule has 2 heterocycles. The van der Waals surface area contributed by atoms with E-state index in [-0.39, 0.29) is 24.6 Å². The predicted molar refractivity (Wildman–Crippen MR) is 63.6 cm³/mol. The molecule has 19 heavy (non-hydrogen) atoms. The zero-order valence-corrected chi connectivity index (χ0v) is 10.2. The minimum atomic E-state index is -1.03. The fourth-order valence-electron chi connectivity index (χ4n) is 1.64. The summed E-state index contributed by atoms with van der Waals surface area (Å²) in [6.07, 6.45) is 0.780. The second-order valence-electron chi connectivity index (χ2n) is 3.99. The molecule has 1 atom stereocenters. The van der Waals surface area contributed by atoms with Gasteiger partial charge >= 0.3 is 5.97 Å². The second kappa shape index (κ2) is 6.26. The minimum absolute atomic E-state index is 0.136. The van der Waals surface area contributed by atoms with E-state index < -0.39 is 12.1 Å². The number of amides is 1. The van der Waals surface area contributed by atoms with E-state index in [9.17, 15) is 9.59 Å². The minimum Gasteiger partial charge on any atom is -0.478 e. The van der Waals surface area contributed by atoms with Crippen LogP contribution in [0.4, 0.5) is 0 Å². The third kappa shape index (κ3) is 3.73. The van der Waals surface area contributed by atoms with Gasteiger partial charge in [0.15, 0.2) is 6.10 Å². The molecule has 7 heteroatoms. The highest BCUT2D eigenvalue weighted by molar-refractivity contribution is 5.87. The average molecular weight is 266 g/mol. The van der Waals surface area contributed by atoms with Gasteiger partial charge in [-0.05, 0) is 12.1 Å². The Kier molecular flexibility index (Phi) is 4.43. The lowest BCUT2D eigenvalue weighted by Gasteiger charge is -2.21. The van der Waals surface area contributed by atoms with Crippen molar-refractivity contribution in [1.29, 1.82) is 0 Å². The number of rotatable bonds is 4. The van der Waals surface area contributed by atoms with Crippen molar-refractivity contribution in [3.05, 3.63) is 29.6 Å². The van der Waals surface area contributed by atoms with Gasteiger partial charge in [0.05, 0.1) is 37.6 Å². The summed E-state index contributed by atoms with van der Waals surface area (Å²) in [6, 6.07) is 2.81. The molecule has 1 aromatic heterocycles. The van der Waals surface area contributed by atoms with Crippen LogP contribution in [0.1, 0.15) is 16.1 Å². The smallest absolute Gasteiger partial charge is 0.335 e. The second-order valence-corrected chi connectivity index (χ2v) is 3.99. The number of pyridine rings is 1. The lowest BCUT2D eigenvalue weighted by molar-refractivity contribution is -0.147. The van der Waals surface area contributed by atoms with Crippen LogP contribution >= 0.6 is 0 Å². The molecule has 1 aliphatic heterocycles. The standard InChI is InChI=1S/C12H14N2O5/c15-11(10-7-18-3-4-19-10)14-6-9-5-8(12(16)17)1-2-13-9/h1-2,5,10H,3-4,6-7H2,(H,14,15)(H,16,17). The lowest BCUT2D eigenvalue weighted by Crippen LogP contribution is -2.42. The topological polar surface area (TPSA) is 97.8 Å². The highest BCUT2D eigenvalue weighted by Crippen LogP contribution is 2.04. The Labute approximate surface area is 109 Å². The fraction of sp³-hybridized carbons (Fsp3) is 0.417. The van der Waals surface area contributed by atoms with Gasteiger partial charge in [-0.15, -0.1) is 0 Å². The molecular weight excluding hydrogens is 252 g/mol. The molecule has 2 rings (SSSR count). The summed E-state index contributed by atoms with van der Waals surface area (Å²) < 4.78 is 10.4. The molecule has 1 fully saturated rings. The Morgan fingerprint density at radius 3 is 3.00 bits per heavy atom. The summed E-state index contributed by atoms with van der Waals surface area (Å²) >= 11 is 0. The number of carbonyl (C=O) groups excluding carboxylic acids is 1. The van der Waals surface area contributed by atoms with Gasteiger partial charge in [0.1, 0.15) is 0 Å². The Morgan fingerprint density at radius 2 is 2.32 bits per heavy atom. The summed E-state index contributed by atoms with van der Waals surface area (Å²) in [5.74, 6) is -1.32. The molecule has 1 unspecified atom stereocenters. The molecule has 1 saturated heterocycles. The number of carboxylic acid groups (broad SMARTS) is 1. The zero-order chi connectivity index (χ0) is 13.7. The Bertz CT molecular complexity index is 471. The van der Waals surface area contributed by atoms with Crippen LogP contribution in [0.3, 0.4) is 0 Å². The summed E-state index contributed by atoms with van der Waals surface area (Å²) in [6.45, 7) is 1.27. The van der Waals surface area contributed by atoms with E-state index in [1.54, 1.807) is 0 Å². The number of aromatic carboxylic acids is 1. The summed E-state index contributed by atoms with van der Waals surface area (Å²) in [5, 5.41) is 11.5. The largest absolute Gasteiger partial charge is 0.478 e. The molecule has 0 bridgehead atoms. The molecule has 0 aromatic carbocycles. The van der Waals surface area contributed by atoms with Crippen LogP contribution < -0.4 is 5.32 Å². The van der Waals surface area contributed by atoms with Crippen LogP contribution in [0.25, 0.3) is 0 Å². The van der Waals surface area contributed by atoms with Crippen molar-refractivity contribution in [1.82, 2.24) is 10.3 Å². The third-order valence-corrected chi connectivity index (χ3v) is 2.62. The van der Waals surface area contributed by atoms with Crippen molar-refractivity contribution in [2.75, 3.05) is 19.8 Å². The third-order valence-electron chi connectivity index (χ3n) is 2.62. The summed E-state index contributed by atoms with van der Waals surface area (Å²) in [7, 11) is 0. The number of carboxylic acids is 1. The summed E-state index contributed by atoms with van der Waals surface area (Å²) in [5.41, 5.74) is 0.612. The number of ether oxygens (including phenoxy) is 2. The number of hydrogen-bond acceptors (Lipinski definition) is 5. The molecule has 102 valence electrons. The lowest BCUT2D eigenvalue weighted by atomic mass is 10.2. The average Bonchev–Trinajstić information content (AvgIpc) is 2.46. The quantitative estimate of drug-likeness (QED) is 0.784. The van der Waals surface area contributed by atoms with Gasteiger partial charge in [-0.1, -0.05) is 0 Å². The van der Waals surface area contributed by atoms with Gasteiger partial charge in [0, 0.05) is 6.20 Å². The number of nitrogens with one attached hydrogen (secondary N) is 1. The van der Waals surface area contributed by atoms with Crippen molar-refractivity contribution in [3.8, 4) is 0 Å². The molecule has 1 aliphatic rings. The Hall–Kier alpha value is -1.99. The number of hydrogen-bond donors (Lipinski definition) is 2. The molecular formula is C12H14N2O5. The first-order valence-corrected chi connectivity index (χ1v) is 5.82. The van der Waals surface area contributed by atoms with E-state index in [1.165, 1.54) is 18.3 Å². The normalized spacial score (nSPS) is 18.8. The predicted octanol–water partition coefficient (Wildman–Crippen LogP) is -0.189. The highest BCUT2D eigenvalue weighted by Gasteiger charge is 2.22. The van der Waals surface area contributed by atoms with Crippen LogP contribution in [0.15, 0.2) is 18.3 Å². The van der Waals surface area contributed by atoms with Crippen LogP contribution in [0.5, 0.6) is 0 Å². The number of nitrogens with zero attached hydrogens (tertiary/aromatic N) is 1. The van der Waals surface area contributed by atoms with E-state index in [2.05, 4.69) is 10.3 Å². The van der Waals surface area contributed by atoms with Crippen molar-refractivity contribution in [2.45, 2.75) is 12.6 Å². The molecule has 0 aliphatic carbocycles. The van der Waals surface area contributed by atoms with Crippen LogP contribution in [0, 0.1) is 0 Å². The maximum atomic E-state index is 11.7. The van der Waals surface area contributed by atoms with E-state index in [1.807, 2.05) is 0 Å². The van der Waals surface area contributed by atoms with Gasteiger partial charge in [-0.3, -0.25) is 9.78 Å². The molecule has 1 aromatic rings. The van der Waals surface area contributed by atoms with E-state index >= 15 is 0 Å². The first-order valence-electron chi connectivity index (χ1n) is 5.82. The first kappa shape index (κ1) is 13.4. The van der Waals surface area contributed by atoms with E-state index in [0.29, 0.717) is 18.9 Å². The Morgan fingerprint density at radius 1 is 1.47 bits per heavy atom. The first-order chi connectivity index (χ1) is 9.16. The fourth-order valence-corrected chi connectivity index (χ4v) is 1.64. The van der Waals surface area contributed by atoms with Crippen molar-refractivity contribution < 1.29 is 24.2 Å². The van der Waals surface area contributed by atoms with E-state index in [4.69, 9.17) is 14.6 Å². The molecule has 2 N–H and O–H groups in total. The maximum Gasteiger partial charge on any atom is 0.335 e. The van der Waals surface area contributed by atoms with Crippen molar-refractivity contribution in [3.63, 3.8) is 0 Å². The maximum absolute atomic E-state index is 11.7. The Balaban J connectivity index is 1.89. The monoisotopic (exact) mass is 266 g/mol. The van der Waals surface area contributed by atoms with E-state index in [0.717, 1.165) is 0 Å². The highest BCUT2D eigenvalue weighted by atomic mass is 16.6. The van der Waals surface area contributed by atoms with Crippen molar-refractivity contribution in [2.24, 2.45) is 0 Å². The van der Waals surface area contributed by atoms with Gasteiger partial charge in [0.25, 0.3) is 5.91 Å². The van der Waals surface area contributed by atoms with Gasteiger partial charge < -0.3 is 19.9 Å². The number of aromatic nitrogens is 1. The molecule has 7 nitrogen and oxygen atoms in total. The van der Waals surface area contributed by atoms with Crippen molar-refractivity contribution >= 4 is 11.9 Å². The molecule has 0 radical (unpaired) electrons. The van der Waals surface area contributed by atoms with Gasteiger partial charge in [0.2, 0.25) is 0 Å². The summed E-state index contributed by atoms with van der Waals surface area (Å²) in [4.78, 5) is 26.5. The molecule has 0 spiro atoms. The molecule has 1 amide bonds. The van der Waals surface area contributed by atoms with Crippen LogP contribution in [0.2, 0.25) is 0 Å². The van der Waals surface area contributed by atoms with Gasteiger partial charge in [-0.25, -0.2) is 4.79 Å². The number of carbonyl (C=O) groups is 2. The zero-order valence-electron chi connectivity index (χ0n) is 10.2. The van der Waals surface area contributed by atoms with Crippen LogP contribution in [-0.2, 0) is 20.8 Å². The SMILES string of the molecule is O=C(O)c1ccnc(CNC(=O)C2COCCO2)c1. The van der Waals surface area contributed by atoms with Gasteiger partial charge in [-0.2, -0.15) is 0 Å². The van der Waals surface area contributed by atoms with Crippen LogP contribution in [-0.4, -0.2) is 47.9 Å². The molecule has 0 saturated carbocycles.